The lowest BCUT2D eigenvalue weighted by Crippen LogP contribution is -2.34. The summed E-state index contributed by atoms with van der Waals surface area (Å²) in [6.07, 6.45) is -2.82. The molecule has 1 aromatic heterocycles. The van der Waals surface area contributed by atoms with Gasteiger partial charge in [-0.25, -0.2) is 8.78 Å². The van der Waals surface area contributed by atoms with Gasteiger partial charge in [-0.15, -0.1) is 11.3 Å². The van der Waals surface area contributed by atoms with E-state index in [4.69, 9.17) is 4.74 Å². The minimum Gasteiger partial charge on any atom is -0.373 e. The summed E-state index contributed by atoms with van der Waals surface area (Å²) >= 11 is 1.53. The van der Waals surface area contributed by atoms with Crippen molar-refractivity contribution in [2.75, 3.05) is 19.8 Å². The lowest BCUT2D eigenvalue weighted by molar-refractivity contribution is -0.167. The molecule has 0 saturated carbocycles. The molecule has 1 unspecified atom stereocenters. The number of ether oxygens (including phenoxy) is 1. The Kier molecular flexibility index (Phi) is 6.91. The van der Waals surface area contributed by atoms with Gasteiger partial charge >= 0.3 is 12.3 Å². The van der Waals surface area contributed by atoms with Crippen LogP contribution < -0.4 is 5.32 Å². The maximum atomic E-state index is 12.8. The molecule has 1 heterocycles. The van der Waals surface area contributed by atoms with E-state index in [2.05, 4.69) is 5.32 Å². The highest BCUT2D eigenvalue weighted by Gasteiger charge is 2.41. The Hall–Kier alpha value is -0.660. The van der Waals surface area contributed by atoms with Gasteiger partial charge in [-0.05, 0) is 32.0 Å². The Morgan fingerprint density at radius 2 is 2.05 bits per heavy atom. The molecular formula is C13H19F4NOS. The second-order valence-electron chi connectivity index (χ2n) is 4.53. The zero-order valence-corrected chi connectivity index (χ0v) is 12.3. The first-order chi connectivity index (χ1) is 9.36. The van der Waals surface area contributed by atoms with E-state index in [1.54, 1.807) is 0 Å². The van der Waals surface area contributed by atoms with Crippen molar-refractivity contribution in [2.45, 2.75) is 38.7 Å². The van der Waals surface area contributed by atoms with E-state index in [1.807, 2.05) is 26.0 Å². The van der Waals surface area contributed by atoms with Gasteiger partial charge in [0.15, 0.2) is 0 Å². The topological polar surface area (TPSA) is 21.3 Å². The Balaban J connectivity index is 2.53. The number of halogens is 4. The molecule has 0 aliphatic carbocycles. The third kappa shape index (κ3) is 5.38. The highest BCUT2D eigenvalue weighted by molar-refractivity contribution is 7.12. The van der Waals surface area contributed by atoms with E-state index in [1.165, 1.54) is 11.3 Å². The van der Waals surface area contributed by atoms with Gasteiger partial charge in [-0.2, -0.15) is 8.78 Å². The molecule has 0 radical (unpaired) electrons. The number of hydrogen-bond acceptors (Lipinski definition) is 3. The lowest BCUT2D eigenvalue weighted by atomic mass is 10.2. The largest absolute Gasteiger partial charge is 0.373 e. The van der Waals surface area contributed by atoms with Gasteiger partial charge in [-0.1, -0.05) is 6.92 Å². The molecule has 116 valence electrons. The lowest BCUT2D eigenvalue weighted by Gasteiger charge is -2.20. The van der Waals surface area contributed by atoms with Crippen molar-refractivity contribution in [2.24, 2.45) is 0 Å². The number of aryl methyl sites for hydroxylation is 1. The second-order valence-corrected chi connectivity index (χ2v) is 5.85. The van der Waals surface area contributed by atoms with Crippen LogP contribution in [0.3, 0.4) is 0 Å². The Morgan fingerprint density at radius 1 is 1.35 bits per heavy atom. The highest BCUT2D eigenvalue weighted by atomic mass is 32.1. The fourth-order valence-corrected chi connectivity index (χ4v) is 2.51. The molecule has 0 saturated heterocycles. The van der Waals surface area contributed by atoms with Gasteiger partial charge in [0.2, 0.25) is 0 Å². The maximum absolute atomic E-state index is 12.8. The molecular weight excluding hydrogens is 294 g/mol. The van der Waals surface area contributed by atoms with E-state index in [9.17, 15) is 17.6 Å². The summed E-state index contributed by atoms with van der Waals surface area (Å²) in [4.78, 5) is 2.05. The van der Waals surface area contributed by atoms with Crippen molar-refractivity contribution in [1.82, 2.24) is 5.32 Å². The predicted molar refractivity (Wildman–Crippen MR) is 71.9 cm³/mol. The molecule has 0 amide bonds. The summed E-state index contributed by atoms with van der Waals surface area (Å²) in [5.41, 5.74) is 0. The van der Waals surface area contributed by atoms with E-state index in [0.29, 0.717) is 6.54 Å². The minimum absolute atomic E-state index is 0.0533. The molecule has 1 N–H and O–H groups in total. The molecule has 0 aliphatic heterocycles. The van der Waals surface area contributed by atoms with Gasteiger partial charge in [0.1, 0.15) is 6.61 Å². The molecule has 0 aromatic carbocycles. The predicted octanol–water partition coefficient (Wildman–Crippen LogP) is 4.01. The summed E-state index contributed by atoms with van der Waals surface area (Å²) in [5, 5.41) is 3.17. The van der Waals surface area contributed by atoms with E-state index >= 15 is 0 Å². The van der Waals surface area contributed by atoms with Crippen molar-refractivity contribution in [3.8, 4) is 0 Å². The molecule has 1 aromatic rings. The first-order valence-corrected chi connectivity index (χ1v) is 7.22. The first kappa shape index (κ1) is 17.4. The third-order valence-electron chi connectivity index (χ3n) is 2.64. The Labute approximate surface area is 120 Å². The molecule has 1 atom stereocenters. The fraction of sp³-hybridized carbons (Fsp3) is 0.692. The van der Waals surface area contributed by atoms with Gasteiger partial charge in [0, 0.05) is 9.75 Å². The minimum atomic E-state index is -4.10. The van der Waals surface area contributed by atoms with Gasteiger partial charge < -0.3 is 10.1 Å². The van der Waals surface area contributed by atoms with E-state index < -0.39 is 19.0 Å². The smallest absolute Gasteiger partial charge is 0.330 e. The molecule has 0 fully saturated rings. The quantitative estimate of drug-likeness (QED) is 0.695. The second kappa shape index (κ2) is 7.95. The summed E-state index contributed by atoms with van der Waals surface area (Å²) in [7, 11) is 0. The molecule has 0 spiro atoms. The molecule has 0 aliphatic rings. The summed E-state index contributed by atoms with van der Waals surface area (Å²) in [5.74, 6) is -4.10. The van der Waals surface area contributed by atoms with Crippen LogP contribution in [0.25, 0.3) is 0 Å². The summed E-state index contributed by atoms with van der Waals surface area (Å²) < 4.78 is 54.4. The average Bonchev–Trinajstić information content (AvgIpc) is 2.79. The summed E-state index contributed by atoms with van der Waals surface area (Å²) in [6.45, 7) is 3.31. The van der Waals surface area contributed by atoms with Gasteiger partial charge in [0.25, 0.3) is 0 Å². The van der Waals surface area contributed by atoms with Crippen LogP contribution in [0.2, 0.25) is 0 Å². The number of nitrogens with one attached hydrogen (secondary N) is 1. The number of thiophene rings is 1. The highest BCUT2D eigenvalue weighted by Crippen LogP contribution is 2.26. The van der Waals surface area contributed by atoms with E-state index in [-0.39, 0.29) is 12.6 Å². The Morgan fingerprint density at radius 3 is 2.55 bits per heavy atom. The monoisotopic (exact) mass is 313 g/mol. The third-order valence-corrected chi connectivity index (χ3v) is 3.76. The van der Waals surface area contributed by atoms with E-state index in [0.717, 1.165) is 16.2 Å². The number of hydrogen-bond donors (Lipinski definition) is 1. The molecule has 7 heteroatoms. The molecule has 20 heavy (non-hydrogen) atoms. The van der Waals surface area contributed by atoms with Crippen molar-refractivity contribution < 1.29 is 22.3 Å². The van der Waals surface area contributed by atoms with Crippen LogP contribution in [0.5, 0.6) is 0 Å². The van der Waals surface area contributed by atoms with Crippen LogP contribution in [-0.2, 0) is 4.74 Å². The van der Waals surface area contributed by atoms with Crippen LogP contribution in [0.15, 0.2) is 12.1 Å². The maximum Gasteiger partial charge on any atom is 0.330 e. The van der Waals surface area contributed by atoms with Gasteiger partial charge in [-0.3, -0.25) is 0 Å². The van der Waals surface area contributed by atoms with Crippen LogP contribution in [0, 0.1) is 6.92 Å². The number of rotatable bonds is 9. The summed E-state index contributed by atoms with van der Waals surface area (Å²) in [6, 6.07) is 3.57. The zero-order valence-electron chi connectivity index (χ0n) is 11.5. The Bertz CT molecular complexity index is 397. The van der Waals surface area contributed by atoms with Crippen LogP contribution in [0.4, 0.5) is 17.6 Å². The fourth-order valence-electron chi connectivity index (χ4n) is 1.58. The van der Waals surface area contributed by atoms with Crippen LogP contribution >= 0.6 is 11.3 Å². The standard InChI is InChI=1S/C13H19F4NOS/c1-3-6-18-10(11-5-4-9(2)20-11)7-19-8-13(16,17)12(14)15/h4-5,10,12,18H,3,6-8H2,1-2H3. The molecule has 1 rings (SSSR count). The molecule has 0 bridgehead atoms. The average molecular weight is 313 g/mol. The van der Waals surface area contributed by atoms with Gasteiger partial charge in [0.05, 0.1) is 12.6 Å². The van der Waals surface area contributed by atoms with Crippen molar-refractivity contribution in [3.63, 3.8) is 0 Å². The SMILES string of the molecule is CCCNC(COCC(F)(F)C(F)F)c1ccc(C)s1. The normalized spacial score (nSPS) is 13.9. The zero-order chi connectivity index (χ0) is 15.2. The van der Waals surface area contributed by atoms with Crippen molar-refractivity contribution in [3.05, 3.63) is 21.9 Å². The van der Waals surface area contributed by atoms with Crippen molar-refractivity contribution >= 4 is 11.3 Å². The van der Waals surface area contributed by atoms with Crippen molar-refractivity contribution in [1.29, 1.82) is 0 Å². The van der Waals surface area contributed by atoms with Crippen LogP contribution in [0.1, 0.15) is 29.1 Å². The number of alkyl halides is 4. The van der Waals surface area contributed by atoms with Crippen LogP contribution in [-0.4, -0.2) is 32.1 Å². The molecule has 2 nitrogen and oxygen atoms in total. The first-order valence-electron chi connectivity index (χ1n) is 6.40.